The Balaban J connectivity index is 1.83. The lowest BCUT2D eigenvalue weighted by Gasteiger charge is -2.29. The number of rotatable bonds is 2. The smallest absolute Gasteiger partial charge is 0.163 e. The van der Waals surface area contributed by atoms with Crippen LogP contribution in [0.25, 0.3) is 0 Å². The van der Waals surface area contributed by atoms with Crippen molar-refractivity contribution in [3.63, 3.8) is 0 Å². The number of aliphatic hydroxyl groups excluding tert-OH is 1. The molecule has 0 radical (unpaired) electrons. The van der Waals surface area contributed by atoms with Gasteiger partial charge >= 0.3 is 0 Å². The Morgan fingerprint density at radius 2 is 1.74 bits per heavy atom. The van der Waals surface area contributed by atoms with Gasteiger partial charge in [-0.2, -0.15) is 0 Å². The van der Waals surface area contributed by atoms with Gasteiger partial charge in [0.15, 0.2) is 17.6 Å². The van der Waals surface area contributed by atoms with Gasteiger partial charge in [0.2, 0.25) is 0 Å². The predicted molar refractivity (Wildman–Crippen MR) is 67.7 cm³/mol. The molecule has 0 saturated heterocycles. The second kappa shape index (κ2) is 4.90. The van der Waals surface area contributed by atoms with Crippen LogP contribution in [0.5, 0.6) is 11.5 Å². The molecule has 2 aromatic carbocycles. The Labute approximate surface area is 110 Å². The Bertz CT molecular complexity index is 585. The van der Waals surface area contributed by atoms with Crippen LogP contribution in [0.3, 0.4) is 0 Å². The van der Waals surface area contributed by atoms with E-state index >= 15 is 0 Å². The minimum absolute atomic E-state index is 0.187. The molecule has 1 aliphatic heterocycles. The van der Waals surface area contributed by atoms with Crippen LogP contribution in [-0.2, 0) is 0 Å². The summed E-state index contributed by atoms with van der Waals surface area (Å²) in [5, 5.41) is 10.2. The van der Waals surface area contributed by atoms with Crippen molar-refractivity contribution in [3.8, 4) is 11.5 Å². The van der Waals surface area contributed by atoms with Crippen LogP contribution in [0.4, 0.5) is 4.39 Å². The van der Waals surface area contributed by atoms with E-state index in [1.54, 1.807) is 30.3 Å². The van der Waals surface area contributed by atoms with E-state index in [1.165, 1.54) is 6.07 Å². The summed E-state index contributed by atoms with van der Waals surface area (Å²) in [5.74, 6) is 0.756. The Morgan fingerprint density at radius 1 is 1.05 bits per heavy atom. The van der Waals surface area contributed by atoms with Gasteiger partial charge in [0, 0.05) is 5.56 Å². The van der Waals surface area contributed by atoms with Crippen LogP contribution < -0.4 is 9.47 Å². The van der Waals surface area contributed by atoms with Gasteiger partial charge in [0.25, 0.3) is 0 Å². The summed E-state index contributed by atoms with van der Waals surface area (Å²) in [6.07, 6.45) is -1.68. The monoisotopic (exact) mass is 260 g/mol. The van der Waals surface area contributed by atoms with E-state index in [4.69, 9.17) is 9.47 Å². The van der Waals surface area contributed by atoms with Crippen molar-refractivity contribution in [3.05, 3.63) is 59.9 Å². The molecule has 0 fully saturated rings. The molecule has 1 heterocycles. The highest BCUT2D eigenvalue weighted by Crippen LogP contribution is 2.34. The van der Waals surface area contributed by atoms with Gasteiger partial charge in [-0.05, 0) is 18.2 Å². The molecule has 0 aromatic heterocycles. The summed E-state index contributed by atoms with van der Waals surface area (Å²) in [5.41, 5.74) is 0.218. The SMILES string of the molecule is OC(c1ccccc1F)C1COc2ccccc2O1. The highest BCUT2D eigenvalue weighted by atomic mass is 19.1. The van der Waals surface area contributed by atoms with E-state index in [-0.39, 0.29) is 12.2 Å². The summed E-state index contributed by atoms with van der Waals surface area (Å²) in [7, 11) is 0. The van der Waals surface area contributed by atoms with E-state index in [2.05, 4.69) is 0 Å². The lowest BCUT2D eigenvalue weighted by Crippen LogP contribution is -2.35. The van der Waals surface area contributed by atoms with Crippen molar-refractivity contribution in [2.75, 3.05) is 6.61 Å². The molecule has 19 heavy (non-hydrogen) atoms. The average molecular weight is 260 g/mol. The fourth-order valence-electron chi connectivity index (χ4n) is 2.11. The van der Waals surface area contributed by atoms with E-state index < -0.39 is 18.0 Å². The highest BCUT2D eigenvalue weighted by molar-refractivity contribution is 5.41. The van der Waals surface area contributed by atoms with Gasteiger partial charge in [-0.1, -0.05) is 30.3 Å². The van der Waals surface area contributed by atoms with Crippen LogP contribution >= 0.6 is 0 Å². The normalized spacial score (nSPS) is 18.9. The van der Waals surface area contributed by atoms with Gasteiger partial charge in [0.1, 0.15) is 18.5 Å². The number of benzene rings is 2. The molecular formula is C15H13FO3. The molecule has 1 aliphatic rings. The molecular weight excluding hydrogens is 247 g/mol. The zero-order chi connectivity index (χ0) is 13.2. The van der Waals surface area contributed by atoms with Crippen LogP contribution in [0, 0.1) is 5.82 Å². The molecule has 0 aliphatic carbocycles. The van der Waals surface area contributed by atoms with Gasteiger partial charge in [-0.3, -0.25) is 0 Å². The van der Waals surface area contributed by atoms with Gasteiger partial charge in [0.05, 0.1) is 0 Å². The number of para-hydroxylation sites is 2. The molecule has 2 aromatic rings. The Hall–Kier alpha value is -2.07. The maximum absolute atomic E-state index is 13.6. The first-order valence-corrected chi connectivity index (χ1v) is 6.06. The molecule has 3 nitrogen and oxygen atoms in total. The molecule has 0 spiro atoms. The molecule has 98 valence electrons. The van der Waals surface area contributed by atoms with E-state index in [0.29, 0.717) is 11.5 Å². The van der Waals surface area contributed by atoms with Gasteiger partial charge in [-0.15, -0.1) is 0 Å². The molecule has 1 N–H and O–H groups in total. The maximum Gasteiger partial charge on any atom is 0.163 e. The summed E-state index contributed by atoms with van der Waals surface area (Å²) < 4.78 is 24.8. The topological polar surface area (TPSA) is 38.7 Å². The average Bonchev–Trinajstić information content (AvgIpc) is 2.46. The van der Waals surface area contributed by atoms with Crippen molar-refractivity contribution in [2.24, 2.45) is 0 Å². The summed E-state index contributed by atoms with van der Waals surface area (Å²) in [4.78, 5) is 0. The molecule has 4 heteroatoms. The minimum atomic E-state index is -1.06. The van der Waals surface area contributed by atoms with Crippen molar-refractivity contribution in [1.29, 1.82) is 0 Å². The van der Waals surface area contributed by atoms with Crippen LogP contribution in [0.1, 0.15) is 11.7 Å². The number of halogens is 1. The van der Waals surface area contributed by atoms with E-state index in [0.717, 1.165) is 0 Å². The van der Waals surface area contributed by atoms with E-state index in [1.807, 2.05) is 12.1 Å². The summed E-state index contributed by atoms with van der Waals surface area (Å²) >= 11 is 0. The van der Waals surface area contributed by atoms with Crippen molar-refractivity contribution < 1.29 is 19.0 Å². The molecule has 2 unspecified atom stereocenters. The zero-order valence-electron chi connectivity index (χ0n) is 10.1. The third kappa shape index (κ3) is 2.27. The second-order valence-electron chi connectivity index (χ2n) is 4.38. The number of hydrogen-bond acceptors (Lipinski definition) is 3. The van der Waals surface area contributed by atoms with Crippen molar-refractivity contribution in [1.82, 2.24) is 0 Å². The lowest BCUT2D eigenvalue weighted by molar-refractivity contribution is -0.0128. The third-order valence-electron chi connectivity index (χ3n) is 3.11. The van der Waals surface area contributed by atoms with Crippen LogP contribution in [0.15, 0.2) is 48.5 Å². The molecule has 0 saturated carbocycles. The summed E-state index contributed by atoms with van der Waals surface area (Å²) in [6.45, 7) is 0.187. The number of aliphatic hydroxyl groups is 1. The lowest BCUT2D eigenvalue weighted by atomic mass is 10.0. The van der Waals surface area contributed by atoms with E-state index in [9.17, 15) is 9.50 Å². The fraction of sp³-hybridized carbons (Fsp3) is 0.200. The largest absolute Gasteiger partial charge is 0.486 e. The Kier molecular flexibility index (Phi) is 3.09. The maximum atomic E-state index is 13.6. The van der Waals surface area contributed by atoms with Crippen LogP contribution in [0.2, 0.25) is 0 Å². The zero-order valence-corrected chi connectivity index (χ0v) is 10.1. The summed E-state index contributed by atoms with van der Waals surface area (Å²) in [6, 6.07) is 13.3. The quantitative estimate of drug-likeness (QED) is 0.902. The third-order valence-corrected chi connectivity index (χ3v) is 3.11. The van der Waals surface area contributed by atoms with Crippen LogP contribution in [-0.4, -0.2) is 17.8 Å². The van der Waals surface area contributed by atoms with Gasteiger partial charge in [-0.25, -0.2) is 4.39 Å². The second-order valence-corrected chi connectivity index (χ2v) is 4.38. The Morgan fingerprint density at radius 3 is 2.53 bits per heavy atom. The first-order chi connectivity index (χ1) is 9.25. The standard InChI is InChI=1S/C15H13FO3/c16-11-6-2-1-5-10(11)15(17)14-9-18-12-7-3-4-8-13(12)19-14/h1-8,14-15,17H,9H2. The van der Waals surface area contributed by atoms with Crippen molar-refractivity contribution >= 4 is 0 Å². The predicted octanol–water partition coefficient (Wildman–Crippen LogP) is 2.70. The molecule has 0 amide bonds. The number of fused-ring (bicyclic) bond motifs is 1. The fourth-order valence-corrected chi connectivity index (χ4v) is 2.11. The number of ether oxygens (including phenoxy) is 2. The molecule has 2 atom stereocenters. The molecule has 3 rings (SSSR count). The molecule has 0 bridgehead atoms. The minimum Gasteiger partial charge on any atom is -0.486 e. The van der Waals surface area contributed by atoms with Crippen molar-refractivity contribution in [2.45, 2.75) is 12.2 Å². The highest BCUT2D eigenvalue weighted by Gasteiger charge is 2.29. The first kappa shape index (κ1) is 12.0. The first-order valence-electron chi connectivity index (χ1n) is 6.06. The van der Waals surface area contributed by atoms with Gasteiger partial charge < -0.3 is 14.6 Å². The number of hydrogen-bond donors (Lipinski definition) is 1.